The molecule has 0 radical (unpaired) electrons. The van der Waals surface area contributed by atoms with Crippen LogP contribution < -0.4 is 24.4 Å². The van der Waals surface area contributed by atoms with Crippen molar-refractivity contribution < 1.29 is 23.7 Å². The van der Waals surface area contributed by atoms with Crippen LogP contribution in [0, 0.1) is 0 Å². The number of rotatable bonds is 4. The molecular weight excluding hydrogens is 348 g/mol. The van der Waals surface area contributed by atoms with Crippen LogP contribution in [0.3, 0.4) is 0 Å². The van der Waals surface area contributed by atoms with E-state index in [2.05, 4.69) is 10.5 Å². The SMILES string of the molecule is CC(C=Cc1ccc2c(c1)OCO2)=NNC(=O)C1COc2ccccc2O1. The first-order valence-electron chi connectivity index (χ1n) is 8.49. The van der Waals surface area contributed by atoms with Gasteiger partial charge in [0.05, 0.1) is 5.71 Å². The van der Waals surface area contributed by atoms with E-state index in [0.717, 1.165) is 17.1 Å². The van der Waals surface area contributed by atoms with Gasteiger partial charge >= 0.3 is 0 Å². The summed E-state index contributed by atoms with van der Waals surface area (Å²) in [6.45, 7) is 2.17. The molecule has 2 heterocycles. The predicted octanol–water partition coefficient (Wildman–Crippen LogP) is 2.76. The van der Waals surface area contributed by atoms with Crippen LogP contribution in [-0.4, -0.2) is 31.1 Å². The third-order valence-corrected chi connectivity index (χ3v) is 4.06. The van der Waals surface area contributed by atoms with Crippen LogP contribution in [0.5, 0.6) is 23.0 Å². The summed E-state index contributed by atoms with van der Waals surface area (Å²) in [5.41, 5.74) is 4.09. The van der Waals surface area contributed by atoms with Gasteiger partial charge in [0.2, 0.25) is 12.9 Å². The first-order chi connectivity index (χ1) is 13.2. The molecule has 2 aromatic rings. The van der Waals surface area contributed by atoms with E-state index in [1.807, 2.05) is 36.4 Å². The average Bonchev–Trinajstić information content (AvgIpc) is 3.18. The number of allylic oxidation sites excluding steroid dienone is 1. The maximum Gasteiger partial charge on any atom is 0.284 e. The van der Waals surface area contributed by atoms with E-state index < -0.39 is 6.10 Å². The second-order valence-corrected chi connectivity index (χ2v) is 6.04. The van der Waals surface area contributed by atoms with Gasteiger partial charge < -0.3 is 18.9 Å². The lowest BCUT2D eigenvalue weighted by Gasteiger charge is -2.24. The van der Waals surface area contributed by atoms with Crippen molar-refractivity contribution >= 4 is 17.7 Å². The molecule has 2 aromatic carbocycles. The highest BCUT2D eigenvalue weighted by Crippen LogP contribution is 2.33. The number of nitrogens with one attached hydrogen (secondary N) is 1. The highest BCUT2D eigenvalue weighted by molar-refractivity contribution is 5.97. The van der Waals surface area contributed by atoms with Crippen molar-refractivity contribution in [2.24, 2.45) is 5.10 Å². The second kappa shape index (κ2) is 7.41. The number of nitrogens with zero attached hydrogens (tertiary/aromatic N) is 1. The number of hydrogen-bond acceptors (Lipinski definition) is 6. The van der Waals surface area contributed by atoms with Crippen molar-refractivity contribution in [1.29, 1.82) is 0 Å². The maximum atomic E-state index is 12.2. The standard InChI is InChI=1S/C20H18N2O5/c1-13(6-7-14-8-9-16-18(10-14)26-12-25-16)21-22-20(23)19-11-24-15-4-2-3-5-17(15)27-19/h2-10,19H,11-12H2,1H3,(H,22,23). The molecule has 0 fully saturated rings. The smallest absolute Gasteiger partial charge is 0.284 e. The van der Waals surface area contributed by atoms with Crippen LogP contribution in [0.25, 0.3) is 6.08 Å². The molecule has 1 unspecified atom stereocenters. The molecule has 7 nitrogen and oxygen atoms in total. The zero-order chi connectivity index (χ0) is 18.6. The van der Waals surface area contributed by atoms with Crippen LogP contribution in [0.2, 0.25) is 0 Å². The molecule has 1 N–H and O–H groups in total. The zero-order valence-electron chi connectivity index (χ0n) is 14.7. The number of para-hydroxylation sites is 2. The Morgan fingerprint density at radius 1 is 1.07 bits per heavy atom. The highest BCUT2D eigenvalue weighted by atomic mass is 16.7. The highest BCUT2D eigenvalue weighted by Gasteiger charge is 2.27. The summed E-state index contributed by atoms with van der Waals surface area (Å²) in [7, 11) is 0. The number of hydrogen-bond donors (Lipinski definition) is 1. The van der Waals surface area contributed by atoms with Crippen LogP contribution in [0.4, 0.5) is 0 Å². The lowest BCUT2D eigenvalue weighted by atomic mass is 10.2. The van der Waals surface area contributed by atoms with Crippen LogP contribution >= 0.6 is 0 Å². The van der Waals surface area contributed by atoms with Crippen molar-refractivity contribution in [3.05, 3.63) is 54.1 Å². The molecular formula is C20H18N2O5. The molecule has 0 bridgehead atoms. The van der Waals surface area contributed by atoms with Gasteiger partial charge in [-0.3, -0.25) is 4.79 Å². The van der Waals surface area contributed by atoms with E-state index in [9.17, 15) is 4.79 Å². The topological polar surface area (TPSA) is 78.4 Å². The van der Waals surface area contributed by atoms with Gasteiger partial charge in [-0.25, -0.2) is 5.43 Å². The predicted molar refractivity (Wildman–Crippen MR) is 99.2 cm³/mol. The third kappa shape index (κ3) is 3.87. The summed E-state index contributed by atoms with van der Waals surface area (Å²) < 4.78 is 21.8. The molecule has 138 valence electrons. The second-order valence-electron chi connectivity index (χ2n) is 6.04. The first kappa shape index (κ1) is 17.0. The van der Waals surface area contributed by atoms with Crippen molar-refractivity contribution in [3.63, 3.8) is 0 Å². The molecule has 0 aromatic heterocycles. The Morgan fingerprint density at radius 3 is 2.74 bits per heavy atom. The quantitative estimate of drug-likeness (QED) is 0.665. The number of benzene rings is 2. The Kier molecular flexibility index (Phi) is 4.65. The number of amides is 1. The molecule has 1 atom stereocenters. The molecule has 0 aliphatic carbocycles. The number of carbonyl (C=O) groups is 1. The minimum atomic E-state index is -0.741. The lowest BCUT2D eigenvalue weighted by Crippen LogP contribution is -2.42. The summed E-state index contributed by atoms with van der Waals surface area (Å²) >= 11 is 0. The van der Waals surface area contributed by atoms with Crippen LogP contribution in [-0.2, 0) is 4.79 Å². The van der Waals surface area contributed by atoms with E-state index >= 15 is 0 Å². The normalized spacial score (nSPS) is 17.8. The Balaban J connectivity index is 1.34. The van der Waals surface area contributed by atoms with E-state index in [-0.39, 0.29) is 19.3 Å². The number of carbonyl (C=O) groups excluding carboxylic acids is 1. The van der Waals surface area contributed by atoms with Crippen LogP contribution in [0.1, 0.15) is 12.5 Å². The average molecular weight is 366 g/mol. The molecule has 7 heteroatoms. The van der Waals surface area contributed by atoms with Gasteiger partial charge in [0, 0.05) is 0 Å². The molecule has 27 heavy (non-hydrogen) atoms. The van der Waals surface area contributed by atoms with E-state index in [1.165, 1.54) is 0 Å². The van der Waals surface area contributed by atoms with Gasteiger partial charge in [-0.15, -0.1) is 0 Å². The van der Waals surface area contributed by atoms with Gasteiger partial charge in [0.15, 0.2) is 23.0 Å². The van der Waals surface area contributed by atoms with Gasteiger partial charge in [-0.1, -0.05) is 24.3 Å². The molecule has 2 aliphatic rings. The molecule has 0 spiro atoms. The Bertz CT molecular complexity index is 922. The Morgan fingerprint density at radius 2 is 1.85 bits per heavy atom. The summed E-state index contributed by atoms with van der Waals surface area (Å²) in [6, 6.07) is 12.9. The fourth-order valence-corrected chi connectivity index (χ4v) is 2.63. The minimum absolute atomic E-state index is 0.143. The van der Waals surface area contributed by atoms with E-state index in [1.54, 1.807) is 25.1 Å². The molecule has 1 amide bonds. The fourth-order valence-electron chi connectivity index (χ4n) is 2.63. The van der Waals surface area contributed by atoms with Gasteiger partial charge in [-0.05, 0) is 42.8 Å². The Labute approximate surface area is 156 Å². The number of ether oxygens (including phenoxy) is 4. The molecule has 4 rings (SSSR count). The number of hydrazone groups is 1. The first-order valence-corrected chi connectivity index (χ1v) is 8.49. The fraction of sp³-hybridized carbons (Fsp3) is 0.200. The van der Waals surface area contributed by atoms with Gasteiger partial charge in [0.25, 0.3) is 5.91 Å². The van der Waals surface area contributed by atoms with Crippen LogP contribution in [0.15, 0.2) is 53.6 Å². The summed E-state index contributed by atoms with van der Waals surface area (Å²) in [5, 5.41) is 4.08. The summed E-state index contributed by atoms with van der Waals surface area (Å²) in [4.78, 5) is 12.2. The lowest BCUT2D eigenvalue weighted by molar-refractivity contribution is -0.130. The summed E-state index contributed by atoms with van der Waals surface area (Å²) in [5.74, 6) is 2.27. The van der Waals surface area contributed by atoms with Crippen molar-refractivity contribution in [1.82, 2.24) is 5.43 Å². The Hall–Kier alpha value is -3.48. The van der Waals surface area contributed by atoms with Gasteiger partial charge in [0.1, 0.15) is 6.61 Å². The zero-order valence-corrected chi connectivity index (χ0v) is 14.7. The molecule has 2 aliphatic heterocycles. The molecule has 0 saturated heterocycles. The van der Waals surface area contributed by atoms with Crippen molar-refractivity contribution in [2.45, 2.75) is 13.0 Å². The summed E-state index contributed by atoms with van der Waals surface area (Å²) in [6.07, 6.45) is 2.93. The third-order valence-electron chi connectivity index (χ3n) is 4.06. The molecule has 0 saturated carbocycles. The van der Waals surface area contributed by atoms with Crippen molar-refractivity contribution in [3.8, 4) is 23.0 Å². The van der Waals surface area contributed by atoms with E-state index in [0.29, 0.717) is 17.2 Å². The van der Waals surface area contributed by atoms with E-state index in [4.69, 9.17) is 18.9 Å². The van der Waals surface area contributed by atoms with Gasteiger partial charge in [-0.2, -0.15) is 5.10 Å². The maximum absolute atomic E-state index is 12.2. The number of fused-ring (bicyclic) bond motifs is 2. The van der Waals surface area contributed by atoms with Crippen molar-refractivity contribution in [2.75, 3.05) is 13.4 Å². The monoisotopic (exact) mass is 366 g/mol. The largest absolute Gasteiger partial charge is 0.485 e. The minimum Gasteiger partial charge on any atom is -0.485 e.